The third kappa shape index (κ3) is 6.11. The molecule has 13 heavy (non-hydrogen) atoms. The van der Waals surface area contributed by atoms with Gasteiger partial charge >= 0.3 is 5.97 Å². The Balaban J connectivity index is 3.86. The van der Waals surface area contributed by atoms with E-state index in [1.807, 2.05) is 6.92 Å². The summed E-state index contributed by atoms with van der Waals surface area (Å²) >= 11 is 0. The van der Waals surface area contributed by atoms with E-state index in [1.54, 1.807) is 0 Å². The number of carbonyl (C=O) groups excluding carboxylic acids is 1. The summed E-state index contributed by atoms with van der Waals surface area (Å²) in [6.07, 6.45) is 3.66. The van der Waals surface area contributed by atoms with E-state index in [0.29, 0.717) is 12.8 Å². The Labute approximate surface area is 78.7 Å². The fourth-order valence-corrected chi connectivity index (χ4v) is 0.826. The molecule has 0 radical (unpaired) electrons. The second kappa shape index (κ2) is 6.43. The maximum Gasteiger partial charge on any atom is 0.330 e. The van der Waals surface area contributed by atoms with Crippen molar-refractivity contribution in [1.29, 1.82) is 0 Å². The first-order valence-corrected chi connectivity index (χ1v) is 4.16. The average molecular weight is 184 g/mol. The van der Waals surface area contributed by atoms with E-state index >= 15 is 0 Å². The molecule has 1 N–H and O–H groups in total. The summed E-state index contributed by atoms with van der Waals surface area (Å²) in [6.45, 7) is 5.28. The van der Waals surface area contributed by atoms with Crippen LogP contribution < -0.4 is 0 Å². The summed E-state index contributed by atoms with van der Waals surface area (Å²) < 4.78 is 4.46. The van der Waals surface area contributed by atoms with Crippen molar-refractivity contribution in [3.05, 3.63) is 24.3 Å². The van der Waals surface area contributed by atoms with Crippen LogP contribution in [0.5, 0.6) is 0 Å². The van der Waals surface area contributed by atoms with Gasteiger partial charge in [-0.1, -0.05) is 11.6 Å². The van der Waals surface area contributed by atoms with Gasteiger partial charge in [-0.25, -0.2) is 4.79 Å². The Bertz CT molecular complexity index is 206. The topological polar surface area (TPSA) is 46.5 Å². The normalized spacial score (nSPS) is 13.6. The van der Waals surface area contributed by atoms with Gasteiger partial charge in [0.05, 0.1) is 13.2 Å². The minimum atomic E-state index is -0.499. The van der Waals surface area contributed by atoms with Crippen molar-refractivity contribution in [3.8, 4) is 0 Å². The zero-order valence-corrected chi connectivity index (χ0v) is 8.12. The van der Waals surface area contributed by atoms with Gasteiger partial charge in [-0.3, -0.25) is 0 Å². The van der Waals surface area contributed by atoms with E-state index in [0.717, 1.165) is 5.57 Å². The van der Waals surface area contributed by atoms with Crippen LogP contribution in [0, 0.1) is 0 Å². The first-order chi connectivity index (χ1) is 6.10. The molecule has 0 spiro atoms. The standard InChI is InChI=1S/C10H16O3/c1-4-9(11)6-5-8(2)7-10(12)13-3/h4,7,9,11H,1,5-6H2,2-3H3/b8-7+. The van der Waals surface area contributed by atoms with Crippen LogP contribution in [0.15, 0.2) is 24.3 Å². The molecule has 0 amide bonds. The SMILES string of the molecule is C=CC(O)CC/C(C)=C/C(=O)OC. The lowest BCUT2D eigenvalue weighted by Crippen LogP contribution is -2.02. The predicted octanol–water partition coefficient (Wildman–Crippen LogP) is 1.43. The quantitative estimate of drug-likeness (QED) is 0.399. The summed E-state index contributed by atoms with van der Waals surface area (Å²) in [5, 5.41) is 9.14. The van der Waals surface area contributed by atoms with Crippen LogP contribution in [0.2, 0.25) is 0 Å². The predicted molar refractivity (Wildman–Crippen MR) is 51.2 cm³/mol. The van der Waals surface area contributed by atoms with Gasteiger partial charge in [0.1, 0.15) is 0 Å². The van der Waals surface area contributed by atoms with Crippen molar-refractivity contribution < 1.29 is 14.6 Å². The maximum absolute atomic E-state index is 10.8. The van der Waals surface area contributed by atoms with Gasteiger partial charge in [-0.15, -0.1) is 6.58 Å². The van der Waals surface area contributed by atoms with Crippen molar-refractivity contribution in [2.24, 2.45) is 0 Å². The number of carbonyl (C=O) groups is 1. The molecule has 0 aliphatic rings. The summed E-state index contributed by atoms with van der Waals surface area (Å²) in [5.41, 5.74) is 0.896. The van der Waals surface area contributed by atoms with E-state index in [1.165, 1.54) is 19.3 Å². The summed E-state index contributed by atoms with van der Waals surface area (Å²) in [6, 6.07) is 0. The fraction of sp³-hybridized carbons (Fsp3) is 0.500. The lowest BCUT2D eigenvalue weighted by Gasteiger charge is -2.04. The molecular formula is C10H16O3. The third-order valence-corrected chi connectivity index (χ3v) is 1.67. The first kappa shape index (κ1) is 11.9. The number of aliphatic hydroxyl groups is 1. The molecule has 3 heteroatoms. The number of esters is 1. The molecule has 0 rings (SSSR count). The molecule has 3 nitrogen and oxygen atoms in total. The number of ether oxygens (including phenoxy) is 1. The van der Waals surface area contributed by atoms with Crippen molar-refractivity contribution in [2.45, 2.75) is 25.9 Å². The van der Waals surface area contributed by atoms with Crippen LogP contribution >= 0.6 is 0 Å². The molecule has 1 unspecified atom stereocenters. The zero-order chi connectivity index (χ0) is 10.3. The van der Waals surface area contributed by atoms with Crippen molar-refractivity contribution in [3.63, 3.8) is 0 Å². The first-order valence-electron chi connectivity index (χ1n) is 4.16. The van der Waals surface area contributed by atoms with E-state index in [9.17, 15) is 4.79 Å². The van der Waals surface area contributed by atoms with Gasteiger partial charge in [-0.2, -0.15) is 0 Å². The number of rotatable bonds is 5. The molecule has 0 saturated heterocycles. The van der Waals surface area contributed by atoms with Gasteiger partial charge in [0.15, 0.2) is 0 Å². The van der Waals surface area contributed by atoms with E-state index in [4.69, 9.17) is 5.11 Å². The Morgan fingerprint density at radius 2 is 2.31 bits per heavy atom. The lowest BCUT2D eigenvalue weighted by atomic mass is 10.1. The highest BCUT2D eigenvalue weighted by molar-refractivity contribution is 5.82. The second-order valence-electron chi connectivity index (χ2n) is 2.86. The molecule has 0 bridgehead atoms. The monoisotopic (exact) mass is 184 g/mol. The van der Waals surface area contributed by atoms with Crippen molar-refractivity contribution >= 4 is 5.97 Å². The van der Waals surface area contributed by atoms with Crippen LogP contribution in [0.4, 0.5) is 0 Å². The van der Waals surface area contributed by atoms with E-state index < -0.39 is 6.10 Å². The van der Waals surface area contributed by atoms with Crippen LogP contribution in [-0.4, -0.2) is 24.3 Å². The lowest BCUT2D eigenvalue weighted by molar-refractivity contribution is -0.134. The highest BCUT2D eigenvalue weighted by Crippen LogP contribution is 2.07. The van der Waals surface area contributed by atoms with Crippen LogP contribution in [0.1, 0.15) is 19.8 Å². The molecule has 0 aromatic rings. The minimum Gasteiger partial charge on any atom is -0.466 e. The number of hydrogen-bond donors (Lipinski definition) is 1. The molecular weight excluding hydrogens is 168 g/mol. The molecule has 0 fully saturated rings. The Kier molecular flexibility index (Phi) is 5.89. The van der Waals surface area contributed by atoms with Crippen LogP contribution in [-0.2, 0) is 9.53 Å². The number of hydrogen-bond acceptors (Lipinski definition) is 3. The van der Waals surface area contributed by atoms with Gasteiger partial charge in [0, 0.05) is 6.08 Å². The molecule has 74 valence electrons. The largest absolute Gasteiger partial charge is 0.466 e. The fourth-order valence-electron chi connectivity index (χ4n) is 0.826. The van der Waals surface area contributed by atoms with Gasteiger partial charge < -0.3 is 9.84 Å². The van der Waals surface area contributed by atoms with Crippen molar-refractivity contribution in [1.82, 2.24) is 0 Å². The molecule has 0 aromatic heterocycles. The average Bonchev–Trinajstić information content (AvgIpc) is 2.13. The Hall–Kier alpha value is -1.09. The minimum absolute atomic E-state index is 0.356. The molecule has 0 saturated carbocycles. The Morgan fingerprint density at radius 1 is 1.69 bits per heavy atom. The Morgan fingerprint density at radius 3 is 2.77 bits per heavy atom. The number of methoxy groups -OCH3 is 1. The summed E-state index contributed by atoms with van der Waals surface area (Å²) in [4.78, 5) is 10.8. The highest BCUT2D eigenvalue weighted by Gasteiger charge is 2.00. The molecule has 0 heterocycles. The van der Waals surface area contributed by atoms with Crippen molar-refractivity contribution in [2.75, 3.05) is 7.11 Å². The van der Waals surface area contributed by atoms with Crippen LogP contribution in [0.25, 0.3) is 0 Å². The van der Waals surface area contributed by atoms with Gasteiger partial charge in [0.2, 0.25) is 0 Å². The molecule has 1 atom stereocenters. The van der Waals surface area contributed by atoms with Gasteiger partial charge in [0.25, 0.3) is 0 Å². The van der Waals surface area contributed by atoms with Gasteiger partial charge in [-0.05, 0) is 19.8 Å². The molecule has 0 aliphatic heterocycles. The van der Waals surface area contributed by atoms with E-state index in [-0.39, 0.29) is 5.97 Å². The maximum atomic E-state index is 10.8. The second-order valence-corrected chi connectivity index (χ2v) is 2.86. The third-order valence-electron chi connectivity index (χ3n) is 1.67. The smallest absolute Gasteiger partial charge is 0.330 e. The summed E-state index contributed by atoms with van der Waals surface area (Å²) in [7, 11) is 1.34. The molecule has 0 aromatic carbocycles. The highest BCUT2D eigenvalue weighted by atomic mass is 16.5. The zero-order valence-electron chi connectivity index (χ0n) is 8.12. The van der Waals surface area contributed by atoms with Crippen LogP contribution in [0.3, 0.4) is 0 Å². The molecule has 0 aliphatic carbocycles. The summed E-state index contributed by atoms with van der Waals surface area (Å²) in [5.74, 6) is -0.356. The number of allylic oxidation sites excluding steroid dienone is 1. The van der Waals surface area contributed by atoms with E-state index in [2.05, 4.69) is 11.3 Å². The number of aliphatic hydroxyl groups excluding tert-OH is 1.